The summed E-state index contributed by atoms with van der Waals surface area (Å²) < 4.78 is 30.2. The second-order valence-electron chi connectivity index (χ2n) is 10.1. The van der Waals surface area contributed by atoms with Crippen LogP contribution in [0.4, 0.5) is 0 Å². The van der Waals surface area contributed by atoms with E-state index in [0.29, 0.717) is 34.0 Å². The molecule has 1 aromatic heterocycles. The van der Waals surface area contributed by atoms with Crippen LogP contribution in [0.25, 0.3) is 21.8 Å². The summed E-state index contributed by atoms with van der Waals surface area (Å²) in [5, 5.41) is 6.02. The predicted octanol–water partition coefficient (Wildman–Crippen LogP) is 7.70. The molecule has 0 saturated heterocycles. The molecule has 0 bridgehead atoms. The molecule has 0 spiro atoms. The van der Waals surface area contributed by atoms with Crippen molar-refractivity contribution in [3.63, 3.8) is 0 Å². The maximum absolute atomic E-state index is 13.7. The SMILES string of the molecule is CCn1c2ccc(C(=O)/C(CCSc3ccc(Cl)cc3)=N/OS(C)(=O)=O)cc2c2cc(C(=O)c3ccccc3C)ccc21. The molecule has 0 atom stereocenters. The summed E-state index contributed by atoms with van der Waals surface area (Å²) in [4.78, 5) is 28.1. The van der Waals surface area contributed by atoms with Gasteiger partial charge in [0.2, 0.25) is 5.78 Å². The van der Waals surface area contributed by atoms with Crippen molar-refractivity contribution in [1.82, 2.24) is 4.57 Å². The van der Waals surface area contributed by atoms with Gasteiger partial charge < -0.3 is 4.57 Å². The Morgan fingerprint density at radius 3 is 2.16 bits per heavy atom. The van der Waals surface area contributed by atoms with Crippen molar-refractivity contribution in [2.75, 3.05) is 12.0 Å². The number of ketones is 2. The number of nitrogens with zero attached hydrogens (tertiary/aromatic N) is 2. The lowest BCUT2D eigenvalue weighted by molar-refractivity contribution is 0.103. The van der Waals surface area contributed by atoms with E-state index in [1.807, 2.05) is 74.5 Å². The molecular weight excluding hydrogens is 604 g/mol. The van der Waals surface area contributed by atoms with E-state index < -0.39 is 15.9 Å². The van der Waals surface area contributed by atoms with Crippen LogP contribution in [0.1, 0.15) is 45.2 Å². The summed E-state index contributed by atoms with van der Waals surface area (Å²) in [7, 11) is -3.92. The van der Waals surface area contributed by atoms with Gasteiger partial charge >= 0.3 is 10.1 Å². The number of carbonyl (C=O) groups is 2. The van der Waals surface area contributed by atoms with Crippen LogP contribution in [0, 0.1) is 6.92 Å². The number of carbonyl (C=O) groups excluding carboxylic acids is 2. The summed E-state index contributed by atoms with van der Waals surface area (Å²) in [5.74, 6) is -0.0527. The molecule has 5 rings (SSSR count). The number of aryl methyl sites for hydroxylation is 2. The van der Waals surface area contributed by atoms with Crippen molar-refractivity contribution >= 4 is 72.6 Å². The highest BCUT2D eigenvalue weighted by Crippen LogP contribution is 2.32. The van der Waals surface area contributed by atoms with E-state index >= 15 is 0 Å². The molecule has 1 heterocycles. The smallest absolute Gasteiger partial charge is 0.325 e. The third-order valence-electron chi connectivity index (χ3n) is 7.06. The van der Waals surface area contributed by atoms with Gasteiger partial charge in [-0.05, 0) is 80.1 Å². The van der Waals surface area contributed by atoms with Crippen molar-refractivity contribution in [3.8, 4) is 0 Å². The van der Waals surface area contributed by atoms with Crippen LogP contribution in [0.2, 0.25) is 5.02 Å². The lowest BCUT2D eigenvalue weighted by Gasteiger charge is -2.07. The zero-order chi connectivity index (χ0) is 30.7. The molecule has 220 valence electrons. The van der Waals surface area contributed by atoms with Gasteiger partial charge in [0, 0.05) is 67.1 Å². The van der Waals surface area contributed by atoms with Gasteiger partial charge in [0.25, 0.3) is 0 Å². The Morgan fingerprint density at radius 2 is 1.53 bits per heavy atom. The molecule has 0 fully saturated rings. The van der Waals surface area contributed by atoms with Crippen molar-refractivity contribution in [1.29, 1.82) is 0 Å². The van der Waals surface area contributed by atoms with Gasteiger partial charge in [-0.25, -0.2) is 0 Å². The highest BCUT2D eigenvalue weighted by molar-refractivity contribution is 7.99. The lowest BCUT2D eigenvalue weighted by atomic mass is 9.97. The fourth-order valence-electron chi connectivity index (χ4n) is 4.99. The number of hydrogen-bond acceptors (Lipinski definition) is 7. The summed E-state index contributed by atoms with van der Waals surface area (Å²) in [5.41, 5.74) is 4.27. The molecule has 0 radical (unpaired) electrons. The molecule has 0 aliphatic carbocycles. The Bertz CT molecular complexity index is 2000. The molecule has 5 aromatic rings. The number of rotatable bonds is 11. The Hall–Kier alpha value is -3.92. The van der Waals surface area contributed by atoms with Gasteiger partial charge in [0.05, 0.1) is 6.26 Å². The summed E-state index contributed by atoms with van der Waals surface area (Å²) in [6.45, 7) is 4.64. The summed E-state index contributed by atoms with van der Waals surface area (Å²) in [6.07, 6.45) is 1.05. The monoisotopic (exact) mass is 632 g/mol. The molecule has 0 amide bonds. The molecular formula is C33H29ClN2O5S2. The van der Waals surface area contributed by atoms with Gasteiger partial charge in [-0.15, -0.1) is 11.8 Å². The highest BCUT2D eigenvalue weighted by Gasteiger charge is 2.20. The van der Waals surface area contributed by atoms with Crippen LogP contribution in [0.15, 0.2) is 95.0 Å². The number of aromatic nitrogens is 1. The van der Waals surface area contributed by atoms with E-state index in [0.717, 1.165) is 38.5 Å². The second-order valence-corrected chi connectivity index (χ2v) is 13.2. The van der Waals surface area contributed by atoms with Crippen molar-refractivity contribution < 1.29 is 22.3 Å². The van der Waals surface area contributed by atoms with E-state index in [1.54, 1.807) is 24.3 Å². The average Bonchev–Trinajstić information content (AvgIpc) is 3.31. The number of thioether (sulfide) groups is 1. The van der Waals surface area contributed by atoms with Crippen LogP contribution in [0.3, 0.4) is 0 Å². The second kappa shape index (κ2) is 12.8. The molecule has 0 aliphatic rings. The van der Waals surface area contributed by atoms with E-state index in [-0.39, 0.29) is 17.9 Å². The normalized spacial score (nSPS) is 12.1. The standard InChI is InChI=1S/C33H29ClN2O5S2/c1-4-36-30-15-9-22(32(37)26-8-6-5-7-21(26)2)19-27(30)28-20-23(10-16-31(28)36)33(38)29(35-41-43(3,39)40)17-18-42-25-13-11-24(34)12-14-25/h5-16,19-20H,4,17-18H2,1-3H3/b35-29+. The highest BCUT2D eigenvalue weighted by atomic mass is 35.5. The van der Waals surface area contributed by atoms with Gasteiger partial charge in [-0.1, -0.05) is 41.0 Å². The maximum Gasteiger partial charge on any atom is 0.325 e. The summed E-state index contributed by atoms with van der Waals surface area (Å²) in [6, 6.07) is 25.8. The minimum absolute atomic E-state index is 0.0131. The minimum atomic E-state index is -3.92. The van der Waals surface area contributed by atoms with Gasteiger partial charge in [-0.3, -0.25) is 13.9 Å². The lowest BCUT2D eigenvalue weighted by Crippen LogP contribution is -2.17. The first kappa shape index (κ1) is 30.5. The van der Waals surface area contributed by atoms with E-state index in [1.165, 1.54) is 11.8 Å². The number of halogens is 1. The molecule has 0 unspecified atom stereocenters. The first-order valence-corrected chi connectivity index (χ1v) is 16.8. The zero-order valence-electron chi connectivity index (χ0n) is 23.8. The van der Waals surface area contributed by atoms with E-state index in [2.05, 4.69) is 9.72 Å². The minimum Gasteiger partial charge on any atom is -0.341 e. The van der Waals surface area contributed by atoms with Gasteiger partial charge in [0.15, 0.2) is 5.78 Å². The van der Waals surface area contributed by atoms with Crippen molar-refractivity contribution in [3.05, 3.63) is 112 Å². The number of oxime groups is 1. The maximum atomic E-state index is 13.7. The van der Waals surface area contributed by atoms with Gasteiger partial charge in [0.1, 0.15) is 5.71 Å². The zero-order valence-corrected chi connectivity index (χ0v) is 26.2. The molecule has 43 heavy (non-hydrogen) atoms. The van der Waals surface area contributed by atoms with Crippen LogP contribution in [-0.4, -0.2) is 42.3 Å². The fraction of sp³-hybridized carbons (Fsp3) is 0.182. The summed E-state index contributed by atoms with van der Waals surface area (Å²) >= 11 is 7.46. The molecule has 4 aromatic carbocycles. The third kappa shape index (κ3) is 6.85. The molecule has 10 heteroatoms. The number of Topliss-reactive ketones (excluding diaryl/α,β-unsaturated/α-hetero) is 1. The third-order valence-corrected chi connectivity index (χ3v) is 8.67. The first-order valence-electron chi connectivity index (χ1n) is 13.6. The first-order chi connectivity index (χ1) is 20.6. The fourth-order valence-corrected chi connectivity index (χ4v) is 6.20. The number of hydrogen-bond donors (Lipinski definition) is 0. The number of fused-ring (bicyclic) bond motifs is 3. The molecule has 0 aliphatic heterocycles. The van der Waals surface area contributed by atoms with Crippen molar-refractivity contribution in [2.45, 2.75) is 31.7 Å². The molecule has 0 N–H and O–H groups in total. The molecule has 0 saturated carbocycles. The Morgan fingerprint density at radius 1 is 0.907 bits per heavy atom. The van der Waals surface area contributed by atoms with E-state index in [4.69, 9.17) is 15.9 Å². The van der Waals surface area contributed by atoms with Crippen LogP contribution in [-0.2, 0) is 20.9 Å². The largest absolute Gasteiger partial charge is 0.341 e. The quantitative estimate of drug-likeness (QED) is 0.0641. The van der Waals surface area contributed by atoms with Crippen LogP contribution < -0.4 is 0 Å². The Labute approximate surface area is 259 Å². The van der Waals surface area contributed by atoms with Crippen molar-refractivity contribution in [2.24, 2.45) is 5.16 Å². The molecule has 7 nitrogen and oxygen atoms in total. The van der Waals surface area contributed by atoms with E-state index in [9.17, 15) is 18.0 Å². The number of benzene rings is 4. The Balaban J connectivity index is 1.52. The predicted molar refractivity (Wildman–Crippen MR) is 174 cm³/mol. The van der Waals surface area contributed by atoms with Crippen LogP contribution >= 0.6 is 23.4 Å². The van der Waals surface area contributed by atoms with Crippen LogP contribution in [0.5, 0.6) is 0 Å². The topological polar surface area (TPSA) is 94.8 Å². The average molecular weight is 633 g/mol. The Kier molecular flexibility index (Phi) is 9.05. The van der Waals surface area contributed by atoms with Gasteiger partial charge in [-0.2, -0.15) is 8.42 Å².